The van der Waals surface area contributed by atoms with Crippen LogP contribution < -0.4 is 15.5 Å². The molecular formula is C38H48F3N5O4. The third-order valence-corrected chi connectivity index (χ3v) is 6.89. The van der Waals surface area contributed by atoms with Crippen LogP contribution in [0.3, 0.4) is 0 Å². The van der Waals surface area contributed by atoms with E-state index in [1.54, 1.807) is 17.8 Å². The average molecular weight is 696 g/mol. The van der Waals surface area contributed by atoms with E-state index in [2.05, 4.69) is 15.7 Å². The van der Waals surface area contributed by atoms with Crippen molar-refractivity contribution in [2.75, 3.05) is 11.4 Å². The van der Waals surface area contributed by atoms with Gasteiger partial charge in [-0.05, 0) is 76.9 Å². The van der Waals surface area contributed by atoms with Crippen molar-refractivity contribution < 1.29 is 32.3 Å². The number of amides is 3. The number of likely N-dealkylation sites (N-methyl/N-ethyl adjacent to an activating group) is 1. The van der Waals surface area contributed by atoms with Crippen LogP contribution in [0.4, 0.5) is 23.8 Å². The van der Waals surface area contributed by atoms with Crippen molar-refractivity contribution in [3.63, 3.8) is 0 Å². The largest absolute Gasteiger partial charge is 0.444 e. The molecule has 12 heteroatoms. The molecule has 3 amide bonds. The molecule has 2 N–H and O–H groups in total. The molecule has 0 aliphatic rings. The van der Waals surface area contributed by atoms with Gasteiger partial charge < -0.3 is 15.4 Å². The Labute approximate surface area is 292 Å². The highest BCUT2D eigenvalue weighted by Gasteiger charge is 2.32. The van der Waals surface area contributed by atoms with Crippen molar-refractivity contribution in [2.24, 2.45) is 0 Å². The number of anilines is 1. The topological polar surface area (TPSA) is 106 Å². The maximum absolute atomic E-state index is 13.3. The number of aryl methyl sites for hydroxylation is 1. The number of alkyl carbamates (subject to hydrolysis) is 1. The Kier molecular flexibility index (Phi) is 15.7. The molecule has 0 aliphatic heterocycles. The number of hydrogen-bond acceptors (Lipinski definition) is 5. The zero-order valence-corrected chi connectivity index (χ0v) is 30.0. The predicted molar refractivity (Wildman–Crippen MR) is 190 cm³/mol. The number of nitrogens with one attached hydrogen (secondary N) is 2. The van der Waals surface area contributed by atoms with Crippen molar-refractivity contribution >= 4 is 23.7 Å². The lowest BCUT2D eigenvalue weighted by Crippen LogP contribution is -2.48. The predicted octanol–water partition coefficient (Wildman–Crippen LogP) is 8.36. The highest BCUT2D eigenvalue weighted by atomic mass is 19.4. The van der Waals surface area contributed by atoms with Crippen molar-refractivity contribution in [1.29, 1.82) is 0 Å². The molecule has 0 saturated heterocycles. The van der Waals surface area contributed by atoms with Crippen molar-refractivity contribution in [1.82, 2.24) is 20.4 Å². The van der Waals surface area contributed by atoms with E-state index in [0.29, 0.717) is 25.3 Å². The minimum atomic E-state index is -4.57. The Morgan fingerprint density at radius 1 is 0.900 bits per heavy atom. The van der Waals surface area contributed by atoms with Gasteiger partial charge in [0.15, 0.2) is 0 Å². The van der Waals surface area contributed by atoms with Gasteiger partial charge in [-0.25, -0.2) is 9.48 Å². The summed E-state index contributed by atoms with van der Waals surface area (Å²) in [6.45, 7) is 15.6. The summed E-state index contributed by atoms with van der Waals surface area (Å²) >= 11 is 0. The number of hydrogen-bond donors (Lipinski definition) is 2. The van der Waals surface area contributed by atoms with Crippen LogP contribution in [0.5, 0.6) is 0 Å². The minimum absolute atomic E-state index is 0.170. The fourth-order valence-electron chi connectivity index (χ4n) is 4.58. The number of benzene rings is 3. The van der Waals surface area contributed by atoms with Crippen LogP contribution >= 0.6 is 0 Å². The van der Waals surface area contributed by atoms with Gasteiger partial charge in [0.25, 0.3) is 5.91 Å². The average Bonchev–Trinajstić information content (AvgIpc) is 3.52. The van der Waals surface area contributed by atoms with E-state index < -0.39 is 35.2 Å². The van der Waals surface area contributed by atoms with Gasteiger partial charge in [-0.3, -0.25) is 14.5 Å². The van der Waals surface area contributed by atoms with Crippen LogP contribution in [0.1, 0.15) is 82.4 Å². The van der Waals surface area contributed by atoms with Gasteiger partial charge in [0.2, 0.25) is 5.91 Å². The number of ether oxygens (including phenoxy) is 1. The summed E-state index contributed by atoms with van der Waals surface area (Å²) in [6, 6.07) is 22.2. The molecule has 1 atom stereocenters. The van der Waals surface area contributed by atoms with Crippen LogP contribution in [0.25, 0.3) is 5.69 Å². The molecule has 50 heavy (non-hydrogen) atoms. The van der Waals surface area contributed by atoms with Crippen molar-refractivity contribution in [3.05, 3.63) is 113 Å². The Morgan fingerprint density at radius 2 is 1.50 bits per heavy atom. The molecule has 0 saturated carbocycles. The maximum atomic E-state index is 13.3. The van der Waals surface area contributed by atoms with Gasteiger partial charge in [-0.1, -0.05) is 75.4 Å². The second-order valence-electron chi connectivity index (χ2n) is 11.8. The number of alkyl halides is 3. The monoisotopic (exact) mass is 695 g/mol. The number of nitrogens with zero attached hydrogens (tertiary/aromatic N) is 3. The van der Waals surface area contributed by atoms with Crippen LogP contribution in [-0.4, -0.2) is 45.9 Å². The van der Waals surface area contributed by atoms with Crippen LogP contribution in [-0.2, 0) is 28.7 Å². The third-order valence-electron chi connectivity index (χ3n) is 6.89. The van der Waals surface area contributed by atoms with Crippen molar-refractivity contribution in [3.8, 4) is 5.69 Å². The fraction of sp³-hybridized carbons (Fsp3) is 0.368. The molecule has 1 unspecified atom stereocenters. The van der Waals surface area contributed by atoms with Gasteiger partial charge in [0.05, 0.1) is 17.4 Å². The molecule has 0 fully saturated rings. The number of rotatable bonds is 9. The summed E-state index contributed by atoms with van der Waals surface area (Å²) in [5.41, 5.74) is 1.15. The van der Waals surface area contributed by atoms with E-state index in [-0.39, 0.29) is 11.7 Å². The summed E-state index contributed by atoms with van der Waals surface area (Å²) in [4.78, 5) is 38.7. The van der Waals surface area contributed by atoms with Gasteiger partial charge in [-0.15, -0.1) is 0 Å². The first-order valence-electron chi connectivity index (χ1n) is 16.6. The molecule has 0 bridgehead atoms. The van der Waals surface area contributed by atoms with Crippen LogP contribution in [0.15, 0.2) is 91.1 Å². The zero-order valence-electron chi connectivity index (χ0n) is 30.0. The summed E-state index contributed by atoms with van der Waals surface area (Å²) < 4.78 is 45.7. The first-order chi connectivity index (χ1) is 23.6. The highest BCUT2D eigenvalue weighted by molar-refractivity contribution is 6.02. The van der Waals surface area contributed by atoms with Gasteiger partial charge in [-0.2, -0.15) is 18.3 Å². The number of carbonyl (C=O) groups excluding carboxylic acids is 3. The normalized spacial score (nSPS) is 11.5. The Hall–Kier alpha value is -5.13. The number of para-hydroxylation sites is 1. The number of aromatic nitrogens is 2. The second-order valence-corrected chi connectivity index (χ2v) is 11.8. The highest BCUT2D eigenvalue weighted by Crippen LogP contribution is 2.30. The number of carbonyl (C=O) groups is 3. The van der Waals surface area contributed by atoms with E-state index in [0.717, 1.165) is 35.0 Å². The Bertz CT molecular complexity index is 1650. The zero-order chi connectivity index (χ0) is 37.5. The minimum Gasteiger partial charge on any atom is -0.444 e. The summed E-state index contributed by atoms with van der Waals surface area (Å²) in [6.07, 6.45) is -2.61. The van der Waals surface area contributed by atoms with E-state index in [9.17, 15) is 27.6 Å². The van der Waals surface area contributed by atoms with E-state index >= 15 is 0 Å². The standard InChI is InChI=1S/C24H25F3N4O2.C12H17NO2.C2H6/c1-4-17-15-28-31(20-12-7-6-8-13-20)22(17)30(5-2)23(33)16(3)29-21(32)18-10-9-11-19(14-18)24(25,26)27;1-12(2,3)15-11(14)13-9-10-7-5-4-6-8-10;1-2/h6-16H,4-5H2,1-3H3,(H,29,32);4-8H,9H2,1-3H3,(H,13,14);1-2H3. The SMILES string of the molecule is CC.CC(C)(C)OC(=O)NCc1ccccc1.CCc1cnn(-c2ccccc2)c1N(CC)C(=O)C(C)NC(=O)c1cccc(C(F)(F)F)c1. The molecular weight excluding hydrogens is 647 g/mol. The molecule has 0 radical (unpaired) electrons. The lowest BCUT2D eigenvalue weighted by atomic mass is 10.1. The first kappa shape index (κ1) is 41.0. The first-order valence-corrected chi connectivity index (χ1v) is 16.6. The van der Waals surface area contributed by atoms with Crippen LogP contribution in [0.2, 0.25) is 0 Å². The molecule has 9 nitrogen and oxygen atoms in total. The Morgan fingerprint density at radius 3 is 2.04 bits per heavy atom. The summed E-state index contributed by atoms with van der Waals surface area (Å²) in [7, 11) is 0. The third kappa shape index (κ3) is 12.4. The second kappa shape index (κ2) is 19.2. The van der Waals surface area contributed by atoms with Gasteiger partial charge in [0, 0.05) is 24.2 Å². The molecule has 3 aromatic carbocycles. The van der Waals surface area contributed by atoms with Crippen LogP contribution in [0, 0.1) is 0 Å². The molecule has 1 heterocycles. The van der Waals surface area contributed by atoms with Gasteiger partial charge in [0.1, 0.15) is 17.5 Å². The van der Waals surface area contributed by atoms with E-state index in [4.69, 9.17) is 4.74 Å². The quantitative estimate of drug-likeness (QED) is 0.183. The summed E-state index contributed by atoms with van der Waals surface area (Å²) in [5.74, 6) is -0.563. The lowest BCUT2D eigenvalue weighted by molar-refractivity contribution is -0.137. The lowest BCUT2D eigenvalue weighted by Gasteiger charge is -2.26. The molecule has 0 aliphatic carbocycles. The Balaban J connectivity index is 0.000000426. The maximum Gasteiger partial charge on any atom is 0.416 e. The van der Waals surface area contributed by atoms with Crippen molar-refractivity contribution in [2.45, 2.75) is 86.2 Å². The smallest absolute Gasteiger partial charge is 0.416 e. The molecule has 4 rings (SSSR count). The van der Waals surface area contributed by atoms with Gasteiger partial charge >= 0.3 is 12.3 Å². The molecule has 1 aromatic heterocycles. The molecule has 4 aromatic rings. The summed E-state index contributed by atoms with van der Waals surface area (Å²) in [5, 5.41) is 9.65. The number of halogens is 3. The fourth-order valence-corrected chi connectivity index (χ4v) is 4.58. The van der Waals surface area contributed by atoms with E-state index in [1.807, 2.05) is 102 Å². The molecule has 270 valence electrons. The molecule has 0 spiro atoms. The van der Waals surface area contributed by atoms with E-state index in [1.165, 1.54) is 17.9 Å².